The van der Waals surface area contributed by atoms with Gasteiger partial charge < -0.3 is 20.1 Å². The van der Waals surface area contributed by atoms with Crippen LogP contribution in [0.1, 0.15) is 33.3 Å². The third-order valence-corrected chi connectivity index (χ3v) is 2.79. The number of nitrogens with one attached hydrogen (secondary N) is 2. The first-order valence-corrected chi connectivity index (χ1v) is 7.35. The van der Waals surface area contributed by atoms with E-state index in [1.54, 1.807) is 6.92 Å². The quantitative estimate of drug-likeness (QED) is 0.771. The molecule has 5 heteroatoms. The fraction of sp³-hybridized carbons (Fsp3) is 0.562. The number of carbonyl (C=O) groups excluding carboxylic acids is 1. The van der Waals surface area contributed by atoms with Gasteiger partial charge in [-0.3, -0.25) is 4.79 Å². The molecule has 0 aromatic heterocycles. The van der Waals surface area contributed by atoms with Crippen LogP contribution < -0.4 is 20.1 Å². The number of benzene rings is 1. The van der Waals surface area contributed by atoms with Gasteiger partial charge in [0, 0.05) is 12.6 Å². The Balaban J connectivity index is 2.83. The molecule has 0 aliphatic heterocycles. The van der Waals surface area contributed by atoms with Crippen LogP contribution in [0.5, 0.6) is 11.5 Å². The van der Waals surface area contributed by atoms with Crippen molar-refractivity contribution in [2.24, 2.45) is 0 Å². The Morgan fingerprint density at radius 1 is 1.24 bits per heavy atom. The average molecular weight is 294 g/mol. The second-order valence-corrected chi connectivity index (χ2v) is 5.17. The number of hydrogen-bond acceptors (Lipinski definition) is 4. The van der Waals surface area contributed by atoms with Gasteiger partial charge in [-0.05, 0) is 52.4 Å². The molecule has 1 amide bonds. The molecule has 0 heterocycles. The number of hydrogen-bond donors (Lipinski definition) is 2. The Labute approximate surface area is 127 Å². The SMILES string of the molecule is CCOc1cc(CNC)ccc1OC(C)C(=O)NC(C)C. The van der Waals surface area contributed by atoms with Crippen LogP contribution in [-0.2, 0) is 11.3 Å². The summed E-state index contributed by atoms with van der Waals surface area (Å²) in [7, 11) is 1.89. The molecule has 1 aromatic carbocycles. The van der Waals surface area contributed by atoms with Gasteiger partial charge in [-0.15, -0.1) is 0 Å². The van der Waals surface area contributed by atoms with Gasteiger partial charge in [-0.25, -0.2) is 0 Å². The molecule has 5 nitrogen and oxygen atoms in total. The Hall–Kier alpha value is -1.75. The molecule has 21 heavy (non-hydrogen) atoms. The third-order valence-electron chi connectivity index (χ3n) is 2.79. The maximum atomic E-state index is 11.9. The van der Waals surface area contributed by atoms with E-state index in [-0.39, 0.29) is 11.9 Å². The minimum absolute atomic E-state index is 0.0907. The summed E-state index contributed by atoms with van der Waals surface area (Å²) in [5.74, 6) is 1.12. The zero-order valence-electron chi connectivity index (χ0n) is 13.5. The summed E-state index contributed by atoms with van der Waals surface area (Å²) < 4.78 is 11.3. The van der Waals surface area contributed by atoms with Crippen LogP contribution in [0.3, 0.4) is 0 Å². The molecule has 0 saturated heterocycles. The summed E-state index contributed by atoms with van der Waals surface area (Å²) in [5, 5.41) is 5.92. The fourth-order valence-corrected chi connectivity index (χ4v) is 1.88. The summed E-state index contributed by atoms with van der Waals surface area (Å²) >= 11 is 0. The largest absolute Gasteiger partial charge is 0.490 e. The van der Waals surface area contributed by atoms with Gasteiger partial charge in [0.1, 0.15) is 0 Å². The Bertz CT molecular complexity index is 461. The van der Waals surface area contributed by atoms with Crippen LogP contribution in [-0.4, -0.2) is 31.7 Å². The molecule has 0 aliphatic carbocycles. The van der Waals surface area contributed by atoms with Crippen molar-refractivity contribution >= 4 is 5.91 Å². The lowest BCUT2D eigenvalue weighted by molar-refractivity contribution is -0.127. The summed E-state index contributed by atoms with van der Waals surface area (Å²) in [6, 6.07) is 5.83. The molecule has 0 aliphatic rings. The van der Waals surface area contributed by atoms with Crippen LogP contribution in [0.15, 0.2) is 18.2 Å². The maximum absolute atomic E-state index is 11.9. The Morgan fingerprint density at radius 2 is 1.95 bits per heavy atom. The van der Waals surface area contributed by atoms with Gasteiger partial charge in [-0.2, -0.15) is 0 Å². The number of carbonyl (C=O) groups is 1. The van der Waals surface area contributed by atoms with E-state index in [0.717, 1.165) is 12.1 Å². The van der Waals surface area contributed by atoms with Crippen molar-refractivity contribution in [2.45, 2.75) is 46.4 Å². The van der Waals surface area contributed by atoms with E-state index in [2.05, 4.69) is 10.6 Å². The molecule has 2 N–H and O–H groups in total. The van der Waals surface area contributed by atoms with E-state index in [1.165, 1.54) is 0 Å². The van der Waals surface area contributed by atoms with Gasteiger partial charge in [-0.1, -0.05) is 6.07 Å². The molecule has 1 aromatic rings. The minimum Gasteiger partial charge on any atom is -0.490 e. The molecule has 0 bridgehead atoms. The molecule has 1 rings (SSSR count). The lowest BCUT2D eigenvalue weighted by atomic mass is 10.2. The van der Waals surface area contributed by atoms with Crippen LogP contribution >= 0.6 is 0 Å². The van der Waals surface area contributed by atoms with E-state index in [1.807, 2.05) is 46.0 Å². The zero-order valence-corrected chi connectivity index (χ0v) is 13.5. The highest BCUT2D eigenvalue weighted by molar-refractivity contribution is 5.81. The normalized spacial score (nSPS) is 12.1. The van der Waals surface area contributed by atoms with Crippen molar-refractivity contribution in [1.29, 1.82) is 0 Å². The molecule has 0 spiro atoms. The smallest absolute Gasteiger partial charge is 0.260 e. The highest BCUT2D eigenvalue weighted by atomic mass is 16.5. The zero-order chi connectivity index (χ0) is 15.8. The van der Waals surface area contributed by atoms with Gasteiger partial charge >= 0.3 is 0 Å². The summed E-state index contributed by atoms with van der Waals surface area (Å²) in [4.78, 5) is 11.9. The summed E-state index contributed by atoms with van der Waals surface area (Å²) in [6.45, 7) is 8.79. The summed E-state index contributed by atoms with van der Waals surface area (Å²) in [5.41, 5.74) is 1.10. The van der Waals surface area contributed by atoms with Crippen molar-refractivity contribution in [2.75, 3.05) is 13.7 Å². The number of ether oxygens (including phenoxy) is 2. The monoisotopic (exact) mass is 294 g/mol. The highest BCUT2D eigenvalue weighted by Crippen LogP contribution is 2.29. The second-order valence-electron chi connectivity index (χ2n) is 5.17. The number of rotatable bonds is 8. The number of amides is 1. The molecule has 1 atom stereocenters. The van der Waals surface area contributed by atoms with Crippen LogP contribution in [0, 0.1) is 0 Å². The predicted octanol–water partition coefficient (Wildman–Crippen LogP) is 2.10. The van der Waals surface area contributed by atoms with E-state index >= 15 is 0 Å². The van der Waals surface area contributed by atoms with Crippen molar-refractivity contribution in [1.82, 2.24) is 10.6 Å². The van der Waals surface area contributed by atoms with Gasteiger partial charge in [0.25, 0.3) is 5.91 Å². The fourth-order valence-electron chi connectivity index (χ4n) is 1.88. The standard InChI is InChI=1S/C16H26N2O3/c1-6-20-15-9-13(10-17-5)7-8-14(15)21-12(4)16(19)18-11(2)3/h7-9,11-12,17H,6,10H2,1-5H3,(H,18,19). The second kappa shape index (κ2) is 8.52. The van der Waals surface area contributed by atoms with E-state index in [4.69, 9.17) is 9.47 Å². The molecule has 1 unspecified atom stereocenters. The first-order chi connectivity index (χ1) is 9.97. The molecule has 0 fully saturated rings. The molecular weight excluding hydrogens is 268 g/mol. The van der Waals surface area contributed by atoms with E-state index in [0.29, 0.717) is 18.1 Å². The van der Waals surface area contributed by atoms with Crippen molar-refractivity contribution < 1.29 is 14.3 Å². The molecular formula is C16H26N2O3. The topological polar surface area (TPSA) is 59.6 Å². The lowest BCUT2D eigenvalue weighted by Crippen LogP contribution is -2.40. The average Bonchev–Trinajstić information content (AvgIpc) is 2.41. The van der Waals surface area contributed by atoms with Crippen LogP contribution in [0.4, 0.5) is 0 Å². The van der Waals surface area contributed by atoms with E-state index < -0.39 is 6.10 Å². The Morgan fingerprint density at radius 3 is 2.52 bits per heavy atom. The van der Waals surface area contributed by atoms with Crippen LogP contribution in [0.2, 0.25) is 0 Å². The first-order valence-electron chi connectivity index (χ1n) is 7.35. The first kappa shape index (κ1) is 17.3. The molecule has 0 radical (unpaired) electrons. The predicted molar refractivity (Wildman–Crippen MR) is 83.7 cm³/mol. The van der Waals surface area contributed by atoms with Crippen LogP contribution in [0.25, 0.3) is 0 Å². The van der Waals surface area contributed by atoms with Crippen molar-refractivity contribution in [3.05, 3.63) is 23.8 Å². The summed E-state index contributed by atoms with van der Waals surface area (Å²) in [6.07, 6.45) is -0.568. The Kier molecular flexibility index (Phi) is 7.02. The van der Waals surface area contributed by atoms with Gasteiger partial charge in [0.05, 0.1) is 6.61 Å². The third kappa shape index (κ3) is 5.63. The van der Waals surface area contributed by atoms with Crippen molar-refractivity contribution in [3.8, 4) is 11.5 Å². The van der Waals surface area contributed by atoms with Crippen molar-refractivity contribution in [3.63, 3.8) is 0 Å². The van der Waals surface area contributed by atoms with E-state index in [9.17, 15) is 4.79 Å². The highest BCUT2D eigenvalue weighted by Gasteiger charge is 2.17. The molecule has 0 saturated carbocycles. The minimum atomic E-state index is -0.568. The lowest BCUT2D eigenvalue weighted by Gasteiger charge is -2.19. The molecule has 118 valence electrons. The van der Waals surface area contributed by atoms with Gasteiger partial charge in [0.15, 0.2) is 17.6 Å². The van der Waals surface area contributed by atoms with Gasteiger partial charge in [0.2, 0.25) is 0 Å². The maximum Gasteiger partial charge on any atom is 0.260 e.